The normalized spacial score (nSPS) is 16.1. The maximum atomic E-state index is 12.7. The summed E-state index contributed by atoms with van der Waals surface area (Å²) in [6.45, 7) is 4.61. The number of piperazine rings is 1. The average Bonchev–Trinajstić information content (AvgIpc) is 2.81. The topological polar surface area (TPSA) is 6.48 Å². The highest BCUT2D eigenvalue weighted by Crippen LogP contribution is 2.30. The van der Waals surface area contributed by atoms with Crippen molar-refractivity contribution in [3.63, 3.8) is 0 Å². The van der Waals surface area contributed by atoms with Crippen molar-refractivity contribution in [1.29, 1.82) is 0 Å². The molecule has 2 nitrogen and oxygen atoms in total. The first-order valence-corrected chi connectivity index (χ1v) is 10.9. The molecule has 3 aromatic rings. The number of nitrogens with zero attached hydrogens (tertiary/aromatic N) is 2. The van der Waals surface area contributed by atoms with Crippen LogP contribution in [-0.2, 0) is 6.18 Å². The number of halogens is 3. The van der Waals surface area contributed by atoms with E-state index in [4.69, 9.17) is 0 Å². The van der Waals surface area contributed by atoms with Crippen LogP contribution in [0.5, 0.6) is 0 Å². The van der Waals surface area contributed by atoms with Gasteiger partial charge in [0.05, 0.1) is 11.6 Å². The molecule has 0 aromatic heterocycles. The van der Waals surface area contributed by atoms with Gasteiger partial charge in [-0.05, 0) is 28.8 Å². The van der Waals surface area contributed by atoms with Crippen LogP contribution in [0.2, 0.25) is 0 Å². The number of alkyl halides is 3. The maximum Gasteiger partial charge on any atom is 0.416 e. The van der Waals surface area contributed by atoms with Gasteiger partial charge in [0.25, 0.3) is 0 Å². The van der Waals surface area contributed by atoms with Crippen LogP contribution in [0, 0.1) is 0 Å². The zero-order chi connectivity index (χ0) is 22.4. The lowest BCUT2D eigenvalue weighted by atomic mass is 9.96. The Hall–Kier alpha value is -2.89. The van der Waals surface area contributed by atoms with E-state index in [1.54, 1.807) is 0 Å². The van der Waals surface area contributed by atoms with Gasteiger partial charge >= 0.3 is 6.18 Å². The third kappa shape index (κ3) is 5.67. The van der Waals surface area contributed by atoms with Gasteiger partial charge in [-0.1, -0.05) is 84.9 Å². The van der Waals surface area contributed by atoms with E-state index in [0.717, 1.165) is 50.4 Å². The Balaban J connectivity index is 1.35. The highest BCUT2D eigenvalue weighted by atomic mass is 19.4. The van der Waals surface area contributed by atoms with Crippen molar-refractivity contribution in [3.8, 4) is 0 Å². The molecular formula is C27H27F3N2. The Morgan fingerprint density at radius 2 is 1.25 bits per heavy atom. The zero-order valence-electron chi connectivity index (χ0n) is 17.9. The van der Waals surface area contributed by atoms with Gasteiger partial charge in [-0.25, -0.2) is 0 Å². The average molecular weight is 437 g/mol. The zero-order valence-corrected chi connectivity index (χ0v) is 17.9. The van der Waals surface area contributed by atoms with E-state index in [2.05, 4.69) is 58.3 Å². The fraction of sp³-hybridized carbons (Fsp3) is 0.259. The van der Waals surface area contributed by atoms with E-state index in [1.807, 2.05) is 24.3 Å². The third-order valence-corrected chi connectivity index (χ3v) is 5.91. The van der Waals surface area contributed by atoms with Crippen molar-refractivity contribution >= 4 is 6.08 Å². The van der Waals surface area contributed by atoms with E-state index in [0.29, 0.717) is 0 Å². The summed E-state index contributed by atoms with van der Waals surface area (Å²) in [6, 6.07) is 26.8. The van der Waals surface area contributed by atoms with Crippen LogP contribution in [0.4, 0.5) is 13.2 Å². The van der Waals surface area contributed by atoms with Gasteiger partial charge in [0.1, 0.15) is 0 Å². The predicted molar refractivity (Wildman–Crippen MR) is 123 cm³/mol. The molecule has 1 fully saturated rings. The minimum Gasteiger partial charge on any atom is -0.297 e. The summed E-state index contributed by atoms with van der Waals surface area (Å²) >= 11 is 0. The summed E-state index contributed by atoms with van der Waals surface area (Å²) in [7, 11) is 0. The van der Waals surface area contributed by atoms with Crippen molar-refractivity contribution in [3.05, 3.63) is 113 Å². The van der Waals surface area contributed by atoms with E-state index in [9.17, 15) is 13.2 Å². The molecule has 3 aromatic carbocycles. The third-order valence-electron chi connectivity index (χ3n) is 5.91. The highest BCUT2D eigenvalue weighted by Gasteiger charge is 2.30. The van der Waals surface area contributed by atoms with Crippen LogP contribution in [-0.4, -0.2) is 42.5 Å². The molecule has 32 heavy (non-hydrogen) atoms. The Bertz CT molecular complexity index is 951. The summed E-state index contributed by atoms with van der Waals surface area (Å²) in [5, 5.41) is 0. The second kappa shape index (κ2) is 10.2. The molecule has 166 valence electrons. The quantitative estimate of drug-likeness (QED) is 0.459. The van der Waals surface area contributed by atoms with Crippen molar-refractivity contribution < 1.29 is 13.2 Å². The lowest BCUT2D eigenvalue weighted by Crippen LogP contribution is -2.47. The molecule has 4 rings (SSSR count). The van der Waals surface area contributed by atoms with Gasteiger partial charge < -0.3 is 0 Å². The number of hydrogen-bond donors (Lipinski definition) is 0. The number of hydrogen-bond acceptors (Lipinski definition) is 2. The lowest BCUT2D eigenvalue weighted by molar-refractivity contribution is -0.137. The van der Waals surface area contributed by atoms with E-state index in [-0.39, 0.29) is 6.04 Å². The summed E-state index contributed by atoms with van der Waals surface area (Å²) in [5.41, 5.74) is 2.77. The largest absolute Gasteiger partial charge is 0.416 e. The predicted octanol–water partition coefficient (Wildman–Crippen LogP) is 6.13. The molecule has 1 aliphatic rings. The maximum absolute atomic E-state index is 12.7. The van der Waals surface area contributed by atoms with E-state index < -0.39 is 11.7 Å². The van der Waals surface area contributed by atoms with Crippen molar-refractivity contribution in [2.45, 2.75) is 12.2 Å². The Labute approximate surface area is 187 Å². The molecule has 0 radical (unpaired) electrons. The number of benzene rings is 3. The fourth-order valence-electron chi connectivity index (χ4n) is 4.21. The highest BCUT2D eigenvalue weighted by molar-refractivity contribution is 5.50. The molecule has 1 aliphatic heterocycles. The SMILES string of the molecule is FC(F)(F)c1ccc(C=CCN2CCN(C(c3ccccc3)c3ccccc3)CC2)cc1. The Morgan fingerprint density at radius 3 is 1.75 bits per heavy atom. The van der Waals surface area contributed by atoms with Crippen LogP contribution in [0.25, 0.3) is 6.08 Å². The van der Waals surface area contributed by atoms with Gasteiger partial charge in [0.2, 0.25) is 0 Å². The van der Waals surface area contributed by atoms with Crippen molar-refractivity contribution in [1.82, 2.24) is 9.80 Å². The molecule has 0 saturated carbocycles. The summed E-state index contributed by atoms with van der Waals surface area (Å²) < 4.78 is 38.1. The molecule has 0 unspecified atom stereocenters. The minimum atomic E-state index is -4.29. The summed E-state index contributed by atoms with van der Waals surface area (Å²) in [4.78, 5) is 4.91. The molecule has 1 heterocycles. The Morgan fingerprint density at radius 1 is 0.719 bits per heavy atom. The second-order valence-corrected chi connectivity index (χ2v) is 8.08. The van der Waals surface area contributed by atoms with E-state index in [1.165, 1.54) is 23.3 Å². The molecule has 5 heteroatoms. The van der Waals surface area contributed by atoms with Gasteiger partial charge in [-0.15, -0.1) is 0 Å². The number of rotatable bonds is 6. The van der Waals surface area contributed by atoms with Gasteiger partial charge in [0.15, 0.2) is 0 Å². The minimum absolute atomic E-state index is 0.238. The standard InChI is InChI=1S/C27H27F3N2/c28-27(29,30)25-15-13-22(14-16-25)8-7-17-31-18-20-32(21-19-31)26(23-9-3-1-4-10-23)24-11-5-2-6-12-24/h1-16,26H,17-21H2. The first kappa shape index (κ1) is 22.3. The van der Waals surface area contributed by atoms with Crippen LogP contribution < -0.4 is 0 Å². The lowest BCUT2D eigenvalue weighted by Gasteiger charge is -2.39. The summed E-state index contributed by atoms with van der Waals surface area (Å²) in [5.74, 6) is 0. The van der Waals surface area contributed by atoms with Crippen LogP contribution >= 0.6 is 0 Å². The molecule has 0 atom stereocenters. The second-order valence-electron chi connectivity index (χ2n) is 8.08. The first-order valence-electron chi connectivity index (χ1n) is 10.9. The van der Waals surface area contributed by atoms with Crippen molar-refractivity contribution in [2.24, 2.45) is 0 Å². The van der Waals surface area contributed by atoms with Crippen molar-refractivity contribution in [2.75, 3.05) is 32.7 Å². The van der Waals surface area contributed by atoms with Crippen LogP contribution in [0.15, 0.2) is 91.0 Å². The molecular weight excluding hydrogens is 409 g/mol. The molecule has 0 spiro atoms. The fourth-order valence-corrected chi connectivity index (χ4v) is 4.21. The molecule has 0 bridgehead atoms. The van der Waals surface area contributed by atoms with Gasteiger partial charge in [-0.2, -0.15) is 13.2 Å². The van der Waals surface area contributed by atoms with Gasteiger partial charge in [-0.3, -0.25) is 9.80 Å². The molecule has 0 N–H and O–H groups in total. The monoisotopic (exact) mass is 436 g/mol. The van der Waals surface area contributed by atoms with Crippen LogP contribution in [0.1, 0.15) is 28.3 Å². The first-order chi connectivity index (χ1) is 15.5. The van der Waals surface area contributed by atoms with E-state index >= 15 is 0 Å². The molecule has 0 aliphatic carbocycles. The molecule has 1 saturated heterocycles. The smallest absolute Gasteiger partial charge is 0.297 e. The van der Waals surface area contributed by atoms with Crippen LogP contribution in [0.3, 0.4) is 0 Å². The van der Waals surface area contributed by atoms with Gasteiger partial charge in [0, 0.05) is 32.7 Å². The molecule has 0 amide bonds. The Kier molecular flexibility index (Phi) is 7.08. The summed E-state index contributed by atoms with van der Waals surface area (Å²) in [6.07, 6.45) is -0.368.